The van der Waals surface area contributed by atoms with Crippen LogP contribution in [0.3, 0.4) is 0 Å². The Morgan fingerprint density at radius 1 is 1.43 bits per heavy atom. The van der Waals surface area contributed by atoms with Gasteiger partial charge >= 0.3 is 0 Å². The molecule has 6 nitrogen and oxygen atoms in total. The van der Waals surface area contributed by atoms with Crippen molar-refractivity contribution in [3.8, 4) is 0 Å². The molecule has 0 saturated carbocycles. The Balaban J connectivity index is 1.66. The van der Waals surface area contributed by atoms with Crippen molar-refractivity contribution in [1.82, 2.24) is 20.2 Å². The van der Waals surface area contributed by atoms with Crippen LogP contribution in [-0.4, -0.2) is 26.0 Å². The quantitative estimate of drug-likeness (QED) is 0.661. The average Bonchev–Trinajstić information content (AvgIpc) is 2.87. The van der Waals surface area contributed by atoms with Gasteiger partial charge in [-0.3, -0.25) is 4.79 Å². The Bertz CT molecular complexity index is 714. The van der Waals surface area contributed by atoms with Crippen LogP contribution in [0.4, 0.5) is 0 Å². The van der Waals surface area contributed by atoms with Crippen LogP contribution in [0.25, 0.3) is 0 Å². The number of thioether (sulfide) groups is 1. The molecule has 0 fully saturated rings. The predicted molar refractivity (Wildman–Crippen MR) is 90.5 cm³/mol. The summed E-state index contributed by atoms with van der Waals surface area (Å²) >= 11 is 1.32. The molecule has 1 aliphatic rings. The van der Waals surface area contributed by atoms with Gasteiger partial charge in [0.1, 0.15) is 5.82 Å². The number of nitrogens with two attached hydrogens (primary N) is 1. The Morgan fingerprint density at radius 3 is 2.96 bits per heavy atom. The minimum Gasteiger partial charge on any atom is -0.348 e. The van der Waals surface area contributed by atoms with Crippen molar-refractivity contribution in [3.63, 3.8) is 0 Å². The van der Waals surface area contributed by atoms with Gasteiger partial charge in [-0.1, -0.05) is 36.0 Å². The summed E-state index contributed by atoms with van der Waals surface area (Å²) in [5, 5.41) is 11.3. The van der Waals surface area contributed by atoms with Gasteiger partial charge in [-0.05, 0) is 44.2 Å². The average molecular weight is 331 g/mol. The number of fused-ring (bicyclic) bond motifs is 1. The standard InChI is InChI=1S/C16H21N5OS/c1-10(23-16-20-19-11(2)21(16)17)15(22)18-14-9-5-7-12-6-3-4-8-13(12)14/h3-4,6,8,10,14H,5,7,9,17H2,1-2H3,(H,18,22)/t10-,14-/m1/s1. The topological polar surface area (TPSA) is 85.8 Å². The highest BCUT2D eigenvalue weighted by Crippen LogP contribution is 2.30. The molecule has 3 N–H and O–H groups in total. The normalized spacial score (nSPS) is 18.3. The maximum absolute atomic E-state index is 12.5. The molecule has 1 amide bonds. The minimum absolute atomic E-state index is 0.00245. The second-order valence-electron chi connectivity index (χ2n) is 5.81. The number of hydrogen-bond donors (Lipinski definition) is 2. The van der Waals surface area contributed by atoms with Crippen molar-refractivity contribution in [3.05, 3.63) is 41.2 Å². The maximum Gasteiger partial charge on any atom is 0.233 e. The van der Waals surface area contributed by atoms with Gasteiger partial charge < -0.3 is 11.2 Å². The fourth-order valence-corrected chi connectivity index (χ4v) is 3.66. The van der Waals surface area contributed by atoms with Gasteiger partial charge in [-0.25, -0.2) is 4.68 Å². The zero-order valence-corrected chi connectivity index (χ0v) is 14.1. The van der Waals surface area contributed by atoms with Crippen LogP contribution >= 0.6 is 11.8 Å². The van der Waals surface area contributed by atoms with Crippen LogP contribution in [0.15, 0.2) is 29.4 Å². The molecule has 1 aromatic heterocycles. The highest BCUT2D eigenvalue weighted by Gasteiger charge is 2.25. The lowest BCUT2D eigenvalue weighted by molar-refractivity contribution is -0.121. The van der Waals surface area contributed by atoms with Crippen molar-refractivity contribution in [2.45, 2.75) is 49.6 Å². The highest BCUT2D eigenvalue weighted by molar-refractivity contribution is 8.00. The third kappa shape index (κ3) is 3.34. The summed E-state index contributed by atoms with van der Waals surface area (Å²) in [7, 11) is 0. The van der Waals surface area contributed by atoms with E-state index in [1.807, 2.05) is 13.0 Å². The minimum atomic E-state index is -0.282. The molecule has 0 bridgehead atoms. The van der Waals surface area contributed by atoms with E-state index >= 15 is 0 Å². The van der Waals surface area contributed by atoms with Crippen molar-refractivity contribution in [2.24, 2.45) is 0 Å². The summed E-state index contributed by atoms with van der Waals surface area (Å²) in [6.45, 7) is 3.64. The zero-order chi connectivity index (χ0) is 16.4. The summed E-state index contributed by atoms with van der Waals surface area (Å²) in [5.41, 5.74) is 2.57. The Morgan fingerprint density at radius 2 is 2.22 bits per heavy atom. The molecule has 2 aromatic rings. The number of nitrogen functional groups attached to an aromatic ring is 1. The van der Waals surface area contributed by atoms with E-state index in [0.717, 1.165) is 19.3 Å². The number of carbonyl (C=O) groups is 1. The smallest absolute Gasteiger partial charge is 0.233 e. The van der Waals surface area contributed by atoms with Gasteiger partial charge in [-0.15, -0.1) is 10.2 Å². The zero-order valence-electron chi connectivity index (χ0n) is 13.3. The van der Waals surface area contributed by atoms with Crippen LogP contribution in [0, 0.1) is 6.92 Å². The number of nitrogens with zero attached hydrogens (tertiary/aromatic N) is 3. The van der Waals surface area contributed by atoms with E-state index in [4.69, 9.17) is 5.84 Å². The van der Waals surface area contributed by atoms with Gasteiger partial charge in [0.15, 0.2) is 0 Å². The van der Waals surface area contributed by atoms with Crippen LogP contribution in [0.2, 0.25) is 0 Å². The first-order chi connectivity index (χ1) is 11.1. The Kier molecular flexibility index (Phi) is 4.56. The molecule has 122 valence electrons. The fourth-order valence-electron chi connectivity index (χ4n) is 2.83. The number of aryl methyl sites for hydroxylation is 2. The molecule has 3 rings (SSSR count). The predicted octanol–water partition coefficient (Wildman–Crippen LogP) is 1.97. The molecule has 1 heterocycles. The number of aromatic nitrogens is 3. The number of amides is 1. The molecule has 0 spiro atoms. The Hall–Kier alpha value is -2.02. The van der Waals surface area contributed by atoms with Gasteiger partial charge in [0.2, 0.25) is 11.1 Å². The number of rotatable bonds is 4. The molecule has 23 heavy (non-hydrogen) atoms. The van der Waals surface area contributed by atoms with Crippen LogP contribution in [0.1, 0.15) is 42.8 Å². The third-order valence-corrected chi connectivity index (χ3v) is 5.23. The van der Waals surface area contributed by atoms with Crippen LogP contribution in [-0.2, 0) is 11.2 Å². The van der Waals surface area contributed by atoms with Gasteiger partial charge in [-0.2, -0.15) is 0 Å². The first-order valence-corrected chi connectivity index (χ1v) is 8.66. The van der Waals surface area contributed by atoms with E-state index in [9.17, 15) is 4.79 Å². The summed E-state index contributed by atoms with van der Waals surface area (Å²) in [6, 6.07) is 8.43. The summed E-state index contributed by atoms with van der Waals surface area (Å²) in [6.07, 6.45) is 3.16. The first kappa shape index (κ1) is 15.9. The summed E-state index contributed by atoms with van der Waals surface area (Å²) in [4.78, 5) is 12.5. The fraction of sp³-hybridized carbons (Fsp3) is 0.438. The number of nitrogens with one attached hydrogen (secondary N) is 1. The summed E-state index contributed by atoms with van der Waals surface area (Å²) in [5.74, 6) is 6.46. The molecule has 0 unspecified atom stereocenters. The molecular weight excluding hydrogens is 310 g/mol. The van der Waals surface area contributed by atoms with E-state index < -0.39 is 0 Å². The summed E-state index contributed by atoms with van der Waals surface area (Å²) < 4.78 is 1.41. The molecule has 0 radical (unpaired) electrons. The van der Waals surface area contributed by atoms with Gasteiger partial charge in [0.25, 0.3) is 0 Å². The molecule has 0 aliphatic heterocycles. The van der Waals surface area contributed by atoms with Gasteiger partial charge in [0.05, 0.1) is 11.3 Å². The molecular formula is C16H21N5OS. The number of carbonyl (C=O) groups excluding carboxylic acids is 1. The van der Waals surface area contributed by atoms with Crippen molar-refractivity contribution >= 4 is 17.7 Å². The lowest BCUT2D eigenvalue weighted by atomic mass is 9.88. The van der Waals surface area contributed by atoms with Crippen LogP contribution < -0.4 is 11.2 Å². The van der Waals surface area contributed by atoms with Crippen LogP contribution in [0.5, 0.6) is 0 Å². The SMILES string of the molecule is Cc1nnc(S[C@H](C)C(=O)N[C@@H]2CCCc3ccccc32)n1N. The number of hydrogen-bond acceptors (Lipinski definition) is 5. The highest BCUT2D eigenvalue weighted by atomic mass is 32.2. The lowest BCUT2D eigenvalue weighted by Gasteiger charge is -2.27. The maximum atomic E-state index is 12.5. The third-order valence-electron chi connectivity index (χ3n) is 4.17. The van der Waals surface area contributed by atoms with Crippen molar-refractivity contribution in [1.29, 1.82) is 0 Å². The molecule has 0 saturated heterocycles. The Labute approximate surface area is 139 Å². The first-order valence-electron chi connectivity index (χ1n) is 7.78. The number of benzene rings is 1. The van der Waals surface area contributed by atoms with E-state index in [1.165, 1.54) is 27.6 Å². The molecule has 2 atom stereocenters. The molecule has 7 heteroatoms. The largest absolute Gasteiger partial charge is 0.348 e. The van der Waals surface area contributed by atoms with Crippen molar-refractivity contribution in [2.75, 3.05) is 5.84 Å². The monoisotopic (exact) mass is 331 g/mol. The van der Waals surface area contributed by atoms with Gasteiger partial charge in [0, 0.05) is 0 Å². The van der Waals surface area contributed by atoms with E-state index in [2.05, 4.69) is 33.7 Å². The second kappa shape index (κ2) is 6.62. The van der Waals surface area contributed by atoms with E-state index in [1.54, 1.807) is 6.92 Å². The second-order valence-corrected chi connectivity index (χ2v) is 7.12. The lowest BCUT2D eigenvalue weighted by Crippen LogP contribution is -2.36. The van der Waals surface area contributed by atoms with Crippen molar-refractivity contribution < 1.29 is 4.79 Å². The van der Waals surface area contributed by atoms with E-state index in [-0.39, 0.29) is 17.2 Å². The molecule has 1 aromatic carbocycles. The van der Waals surface area contributed by atoms with E-state index in [0.29, 0.717) is 11.0 Å². The molecule has 1 aliphatic carbocycles.